The summed E-state index contributed by atoms with van der Waals surface area (Å²) in [6, 6.07) is 4.58. The van der Waals surface area contributed by atoms with E-state index in [9.17, 15) is 38.7 Å². The second-order valence-electron chi connectivity index (χ2n) is 14.5. The molecule has 14 heteroatoms. The molecular formula is C38H60N6O8. The number of likely N-dealkylation sites (tertiary alicyclic amines) is 1. The van der Waals surface area contributed by atoms with Crippen molar-refractivity contribution in [3.05, 3.63) is 35.9 Å². The Labute approximate surface area is 308 Å². The Kier molecular flexibility index (Phi) is 18.3. The third-order valence-corrected chi connectivity index (χ3v) is 9.48. The van der Waals surface area contributed by atoms with Crippen molar-refractivity contribution in [2.75, 3.05) is 26.7 Å². The molecule has 1 aromatic carbocycles. The largest absolute Gasteiger partial charge is 0.481 e. The molecule has 0 unspecified atom stereocenters. The van der Waals surface area contributed by atoms with Gasteiger partial charge in [0.05, 0.1) is 12.8 Å². The Morgan fingerprint density at radius 2 is 1.40 bits per heavy atom. The predicted molar refractivity (Wildman–Crippen MR) is 197 cm³/mol. The number of aryl methyl sites for hydroxylation is 1. The summed E-state index contributed by atoms with van der Waals surface area (Å²) in [5.41, 5.74) is 0.992. The standard InChI is InChI=1S/C38H60N6O8/c1-8-26(6)33(42-38(52)34(25(4)5)43(7)30(45)17-16-27-14-10-9-11-15-27)37(51)41-28(22-31(46)44-20-12-13-21-44)36(50)40-29(23-32(47)48)35(49)39-19-18-24(2)3/h9-11,14-15,24-26,28-29,33-34H,8,12-13,16-23H2,1-7H3,(H,39,49)(H,40,50)(H,41,51)(H,42,52)(H,47,48)/t26-,28-,29-,33-,34-/m0/s1. The maximum Gasteiger partial charge on any atom is 0.305 e. The van der Waals surface area contributed by atoms with E-state index in [-0.39, 0.29) is 36.6 Å². The number of carboxylic acids is 1. The lowest BCUT2D eigenvalue weighted by Gasteiger charge is -2.33. The van der Waals surface area contributed by atoms with Crippen molar-refractivity contribution >= 4 is 41.4 Å². The normalized spacial score (nSPS) is 15.6. The van der Waals surface area contributed by atoms with Crippen LogP contribution in [0.5, 0.6) is 0 Å². The first-order valence-corrected chi connectivity index (χ1v) is 18.5. The van der Waals surface area contributed by atoms with E-state index in [2.05, 4.69) is 21.3 Å². The average Bonchev–Trinajstić information content (AvgIpc) is 3.64. The number of carboxylic acid groups (broad SMARTS) is 1. The highest BCUT2D eigenvalue weighted by molar-refractivity contribution is 5.98. The summed E-state index contributed by atoms with van der Waals surface area (Å²) in [5.74, 6) is -5.24. The molecule has 2 rings (SSSR count). The molecule has 52 heavy (non-hydrogen) atoms. The molecule has 5 N–H and O–H groups in total. The monoisotopic (exact) mass is 728 g/mol. The molecule has 1 aromatic rings. The van der Waals surface area contributed by atoms with Crippen molar-refractivity contribution < 1.29 is 38.7 Å². The minimum absolute atomic E-state index is 0.187. The molecule has 6 amide bonds. The quantitative estimate of drug-likeness (QED) is 0.127. The predicted octanol–water partition coefficient (Wildman–Crippen LogP) is 2.25. The summed E-state index contributed by atoms with van der Waals surface area (Å²) in [5, 5.41) is 20.0. The number of nitrogens with one attached hydrogen (secondary N) is 4. The minimum Gasteiger partial charge on any atom is -0.481 e. The Hall–Kier alpha value is -4.49. The molecule has 1 fully saturated rings. The van der Waals surface area contributed by atoms with E-state index in [0.717, 1.165) is 18.4 Å². The molecule has 1 heterocycles. The fourth-order valence-corrected chi connectivity index (χ4v) is 6.10. The number of carbonyl (C=O) groups excluding carboxylic acids is 6. The molecule has 14 nitrogen and oxygen atoms in total. The van der Waals surface area contributed by atoms with Crippen molar-refractivity contribution in [2.45, 2.75) is 117 Å². The van der Waals surface area contributed by atoms with Gasteiger partial charge in [0.15, 0.2) is 0 Å². The highest BCUT2D eigenvalue weighted by atomic mass is 16.4. The van der Waals surface area contributed by atoms with E-state index in [1.54, 1.807) is 32.7 Å². The Morgan fingerprint density at radius 1 is 0.808 bits per heavy atom. The SMILES string of the molecule is CC[C@H](C)[C@H](NC(=O)[C@H](C(C)C)N(C)C(=O)CCc1ccccc1)C(=O)N[C@@H](CC(=O)N1CCCC1)C(=O)N[C@@H](CC(=O)O)C(=O)NCCC(C)C. The lowest BCUT2D eigenvalue weighted by Crippen LogP contribution is -2.61. The molecule has 1 aliphatic heterocycles. The van der Waals surface area contributed by atoms with Crippen molar-refractivity contribution in [2.24, 2.45) is 17.8 Å². The molecular weight excluding hydrogens is 668 g/mol. The van der Waals surface area contributed by atoms with Crippen molar-refractivity contribution in [3.8, 4) is 0 Å². The van der Waals surface area contributed by atoms with E-state index < -0.39 is 72.5 Å². The van der Waals surface area contributed by atoms with Gasteiger partial charge in [0, 0.05) is 33.1 Å². The number of likely N-dealkylation sites (N-methyl/N-ethyl adjacent to an activating group) is 1. The second kappa shape index (κ2) is 21.8. The lowest BCUT2D eigenvalue weighted by atomic mass is 9.95. The van der Waals surface area contributed by atoms with Crippen LogP contribution in [0.2, 0.25) is 0 Å². The molecule has 0 saturated carbocycles. The zero-order chi connectivity index (χ0) is 39.0. The molecule has 1 saturated heterocycles. The van der Waals surface area contributed by atoms with Crippen molar-refractivity contribution in [1.29, 1.82) is 0 Å². The molecule has 0 bridgehead atoms. The lowest BCUT2D eigenvalue weighted by molar-refractivity contribution is -0.143. The third-order valence-electron chi connectivity index (χ3n) is 9.48. The van der Waals surface area contributed by atoms with Gasteiger partial charge in [-0.05, 0) is 49.0 Å². The summed E-state index contributed by atoms with van der Waals surface area (Å²) in [6.07, 6.45) is 2.26. The summed E-state index contributed by atoms with van der Waals surface area (Å²) in [4.78, 5) is 95.6. The van der Waals surface area contributed by atoms with Crippen LogP contribution in [-0.2, 0) is 40.0 Å². The van der Waals surface area contributed by atoms with Crippen LogP contribution >= 0.6 is 0 Å². The van der Waals surface area contributed by atoms with Gasteiger partial charge in [-0.2, -0.15) is 0 Å². The molecule has 0 aliphatic carbocycles. The van der Waals surface area contributed by atoms with Gasteiger partial charge in [-0.1, -0.05) is 78.3 Å². The van der Waals surface area contributed by atoms with Crippen LogP contribution in [0, 0.1) is 17.8 Å². The van der Waals surface area contributed by atoms with Gasteiger partial charge in [-0.25, -0.2) is 0 Å². The van der Waals surface area contributed by atoms with Gasteiger partial charge in [0.25, 0.3) is 0 Å². The maximum absolute atomic E-state index is 14.0. The highest BCUT2D eigenvalue weighted by Gasteiger charge is 2.37. The van der Waals surface area contributed by atoms with Gasteiger partial charge in [0.1, 0.15) is 24.2 Å². The summed E-state index contributed by atoms with van der Waals surface area (Å²) < 4.78 is 0. The van der Waals surface area contributed by atoms with Gasteiger partial charge in [-0.3, -0.25) is 33.6 Å². The van der Waals surface area contributed by atoms with Gasteiger partial charge in [0.2, 0.25) is 35.4 Å². The average molecular weight is 729 g/mol. The number of amides is 6. The first kappa shape index (κ1) is 43.7. The second-order valence-corrected chi connectivity index (χ2v) is 14.5. The van der Waals surface area contributed by atoms with Crippen LogP contribution in [0.3, 0.4) is 0 Å². The van der Waals surface area contributed by atoms with E-state index >= 15 is 0 Å². The van der Waals surface area contributed by atoms with Gasteiger partial charge < -0.3 is 36.2 Å². The van der Waals surface area contributed by atoms with Gasteiger partial charge >= 0.3 is 5.97 Å². The number of aliphatic carboxylic acids is 1. The Bertz CT molecular complexity index is 1360. The van der Waals surface area contributed by atoms with Crippen LogP contribution < -0.4 is 21.3 Å². The summed E-state index contributed by atoms with van der Waals surface area (Å²) >= 11 is 0. The van der Waals surface area contributed by atoms with E-state index in [4.69, 9.17) is 0 Å². The van der Waals surface area contributed by atoms with Crippen LogP contribution in [0.15, 0.2) is 30.3 Å². The fourth-order valence-electron chi connectivity index (χ4n) is 6.10. The van der Waals surface area contributed by atoms with Crippen LogP contribution in [-0.4, -0.2) is 107 Å². The summed E-state index contributed by atoms with van der Waals surface area (Å²) in [7, 11) is 1.56. The summed E-state index contributed by atoms with van der Waals surface area (Å²) in [6.45, 7) is 12.4. The first-order valence-electron chi connectivity index (χ1n) is 18.5. The number of benzene rings is 1. The highest BCUT2D eigenvalue weighted by Crippen LogP contribution is 2.16. The molecule has 290 valence electrons. The van der Waals surface area contributed by atoms with Gasteiger partial charge in [-0.15, -0.1) is 0 Å². The third kappa shape index (κ3) is 14.3. The Morgan fingerprint density at radius 3 is 1.96 bits per heavy atom. The zero-order valence-electron chi connectivity index (χ0n) is 31.9. The first-order chi connectivity index (χ1) is 24.5. The number of nitrogens with zero attached hydrogens (tertiary/aromatic N) is 2. The Balaban J connectivity index is 2.29. The van der Waals surface area contributed by atoms with Crippen LogP contribution in [0.4, 0.5) is 0 Å². The number of rotatable bonds is 21. The number of carbonyl (C=O) groups is 7. The van der Waals surface area contributed by atoms with Crippen molar-refractivity contribution in [3.63, 3.8) is 0 Å². The van der Waals surface area contributed by atoms with Crippen LogP contribution in [0.1, 0.15) is 92.1 Å². The maximum atomic E-state index is 14.0. The van der Waals surface area contributed by atoms with E-state index in [1.807, 2.05) is 51.1 Å². The van der Waals surface area contributed by atoms with Crippen LogP contribution in [0.25, 0.3) is 0 Å². The smallest absolute Gasteiger partial charge is 0.305 e. The zero-order valence-corrected chi connectivity index (χ0v) is 31.9. The van der Waals surface area contributed by atoms with Crippen molar-refractivity contribution in [1.82, 2.24) is 31.1 Å². The van der Waals surface area contributed by atoms with E-state index in [1.165, 1.54) is 4.90 Å². The number of hydrogen-bond acceptors (Lipinski definition) is 7. The number of hydrogen-bond donors (Lipinski definition) is 5. The minimum atomic E-state index is -1.47. The van der Waals surface area contributed by atoms with E-state index in [0.29, 0.717) is 32.4 Å². The molecule has 0 spiro atoms. The molecule has 0 radical (unpaired) electrons. The molecule has 1 aliphatic rings. The molecule has 5 atom stereocenters. The topological polar surface area (TPSA) is 194 Å². The fraction of sp³-hybridized carbons (Fsp3) is 0.658. The molecule has 0 aromatic heterocycles.